The van der Waals surface area contributed by atoms with Gasteiger partial charge in [0, 0.05) is 6.54 Å². The van der Waals surface area contributed by atoms with Crippen molar-refractivity contribution in [1.29, 1.82) is 0 Å². The zero-order chi connectivity index (χ0) is 16.3. The van der Waals surface area contributed by atoms with Gasteiger partial charge in [0.1, 0.15) is 0 Å². The molecule has 3 atom stereocenters. The topological polar surface area (TPSA) is 29.5 Å². The molecule has 23 heavy (non-hydrogen) atoms. The predicted molar refractivity (Wildman–Crippen MR) is 94.7 cm³/mol. The SMILES string of the molecule is C[C@H]1CCN(C)P(=O)([C@@H](Cc2ccccc2)c2ccccc2)O1. The summed E-state index contributed by atoms with van der Waals surface area (Å²) in [6, 6.07) is 20.4. The normalized spacial score (nSPS) is 26.8. The summed E-state index contributed by atoms with van der Waals surface area (Å²) >= 11 is 0. The monoisotopic (exact) mass is 329 g/mol. The van der Waals surface area contributed by atoms with Crippen molar-refractivity contribution in [2.45, 2.75) is 31.5 Å². The van der Waals surface area contributed by atoms with Crippen molar-refractivity contribution in [3.05, 3.63) is 71.8 Å². The maximum atomic E-state index is 13.8. The fourth-order valence-corrected chi connectivity index (χ4v) is 5.93. The molecular weight excluding hydrogens is 305 g/mol. The van der Waals surface area contributed by atoms with Crippen LogP contribution in [0, 0.1) is 0 Å². The first-order valence-corrected chi connectivity index (χ1v) is 9.83. The van der Waals surface area contributed by atoms with Gasteiger partial charge >= 0.3 is 0 Å². The Hall–Kier alpha value is -1.41. The Labute approximate surface area is 138 Å². The maximum absolute atomic E-state index is 13.8. The van der Waals surface area contributed by atoms with Crippen molar-refractivity contribution in [1.82, 2.24) is 4.67 Å². The molecule has 1 unspecified atom stereocenters. The number of hydrogen-bond acceptors (Lipinski definition) is 2. The van der Waals surface area contributed by atoms with Crippen LogP contribution in [-0.2, 0) is 15.5 Å². The second-order valence-corrected chi connectivity index (χ2v) is 8.91. The first-order valence-electron chi connectivity index (χ1n) is 8.18. The molecule has 0 radical (unpaired) electrons. The van der Waals surface area contributed by atoms with Crippen LogP contribution in [-0.4, -0.2) is 24.4 Å². The molecule has 4 heteroatoms. The number of nitrogens with zero attached hydrogens (tertiary/aromatic N) is 1. The molecule has 1 fully saturated rings. The first kappa shape index (κ1) is 16.4. The van der Waals surface area contributed by atoms with Crippen molar-refractivity contribution in [2.24, 2.45) is 0 Å². The third kappa shape index (κ3) is 3.58. The molecule has 2 aromatic carbocycles. The molecule has 3 rings (SSSR count). The first-order chi connectivity index (χ1) is 11.1. The van der Waals surface area contributed by atoms with Crippen LogP contribution in [0.1, 0.15) is 30.1 Å². The summed E-state index contributed by atoms with van der Waals surface area (Å²) in [7, 11) is -1.00. The highest BCUT2D eigenvalue weighted by molar-refractivity contribution is 7.57. The highest BCUT2D eigenvalue weighted by atomic mass is 31.2. The number of rotatable bonds is 4. The Morgan fingerprint density at radius 1 is 1.13 bits per heavy atom. The van der Waals surface area contributed by atoms with Gasteiger partial charge in [-0.25, -0.2) is 4.67 Å². The van der Waals surface area contributed by atoms with E-state index in [0.717, 1.165) is 24.9 Å². The Bertz CT molecular complexity index is 674. The summed E-state index contributed by atoms with van der Waals surface area (Å²) in [4.78, 5) is 0. The Kier molecular flexibility index (Phi) is 5.01. The van der Waals surface area contributed by atoms with E-state index in [9.17, 15) is 4.57 Å². The van der Waals surface area contributed by atoms with Crippen LogP contribution in [0.15, 0.2) is 60.7 Å². The summed E-state index contributed by atoms with van der Waals surface area (Å²) in [5.41, 5.74) is 2.13. The largest absolute Gasteiger partial charge is 0.314 e. The summed E-state index contributed by atoms with van der Waals surface area (Å²) in [6.45, 7) is 2.83. The Morgan fingerprint density at radius 3 is 2.39 bits per heavy atom. The van der Waals surface area contributed by atoms with Gasteiger partial charge in [0.2, 0.25) is 0 Å². The van der Waals surface area contributed by atoms with Crippen molar-refractivity contribution < 1.29 is 9.09 Å². The minimum absolute atomic E-state index is 0.0408. The van der Waals surface area contributed by atoms with Crippen LogP contribution >= 0.6 is 7.52 Å². The van der Waals surface area contributed by atoms with Crippen LogP contribution in [0.5, 0.6) is 0 Å². The lowest BCUT2D eigenvalue weighted by atomic mass is 10.0. The van der Waals surface area contributed by atoms with Gasteiger partial charge in [-0.2, -0.15) is 0 Å². The van der Waals surface area contributed by atoms with E-state index in [1.807, 2.05) is 55.0 Å². The van der Waals surface area contributed by atoms with E-state index in [2.05, 4.69) is 24.3 Å². The maximum Gasteiger partial charge on any atom is 0.280 e. The molecule has 0 aromatic heterocycles. The predicted octanol–water partition coefficient (Wildman–Crippen LogP) is 4.90. The average molecular weight is 329 g/mol. The molecule has 0 N–H and O–H groups in total. The summed E-state index contributed by atoms with van der Waals surface area (Å²) in [6.07, 6.45) is 1.69. The minimum atomic E-state index is -2.92. The summed E-state index contributed by atoms with van der Waals surface area (Å²) < 4.78 is 21.8. The Morgan fingerprint density at radius 2 is 1.74 bits per heavy atom. The molecule has 0 bridgehead atoms. The van der Waals surface area contributed by atoms with Gasteiger partial charge in [-0.1, -0.05) is 60.7 Å². The fourth-order valence-electron chi connectivity index (χ4n) is 3.14. The molecule has 1 aliphatic heterocycles. The summed E-state index contributed by atoms with van der Waals surface area (Å²) in [5.74, 6) is 0. The highest BCUT2D eigenvalue weighted by Gasteiger charge is 2.43. The third-order valence-electron chi connectivity index (χ3n) is 4.52. The van der Waals surface area contributed by atoms with E-state index in [0.29, 0.717) is 0 Å². The van der Waals surface area contributed by atoms with Crippen molar-refractivity contribution in [3.63, 3.8) is 0 Å². The van der Waals surface area contributed by atoms with Gasteiger partial charge in [0.15, 0.2) is 0 Å². The van der Waals surface area contributed by atoms with E-state index in [4.69, 9.17) is 4.52 Å². The molecule has 0 saturated carbocycles. The van der Waals surface area contributed by atoms with Gasteiger partial charge in [0.25, 0.3) is 7.52 Å². The average Bonchev–Trinajstić information content (AvgIpc) is 2.58. The molecule has 1 aliphatic rings. The Balaban J connectivity index is 1.99. The van der Waals surface area contributed by atoms with Gasteiger partial charge in [-0.15, -0.1) is 0 Å². The van der Waals surface area contributed by atoms with Crippen LogP contribution in [0.2, 0.25) is 0 Å². The quantitative estimate of drug-likeness (QED) is 0.747. The lowest BCUT2D eigenvalue weighted by Crippen LogP contribution is -2.32. The smallest absolute Gasteiger partial charge is 0.280 e. The second-order valence-electron chi connectivity index (χ2n) is 6.27. The van der Waals surface area contributed by atoms with Crippen LogP contribution in [0.25, 0.3) is 0 Å². The summed E-state index contributed by atoms with van der Waals surface area (Å²) in [5, 5.41) is 0. The fraction of sp³-hybridized carbons (Fsp3) is 0.368. The van der Waals surface area contributed by atoms with Crippen LogP contribution < -0.4 is 0 Å². The van der Waals surface area contributed by atoms with Gasteiger partial charge < -0.3 is 4.52 Å². The van der Waals surface area contributed by atoms with Crippen molar-refractivity contribution >= 4 is 7.52 Å². The minimum Gasteiger partial charge on any atom is -0.314 e. The van der Waals surface area contributed by atoms with E-state index >= 15 is 0 Å². The second kappa shape index (κ2) is 7.00. The molecule has 0 amide bonds. The molecule has 1 saturated heterocycles. The van der Waals surface area contributed by atoms with Gasteiger partial charge in [-0.3, -0.25) is 4.57 Å². The molecule has 122 valence electrons. The lowest BCUT2D eigenvalue weighted by molar-refractivity contribution is 0.144. The van der Waals surface area contributed by atoms with Crippen LogP contribution in [0.4, 0.5) is 0 Å². The molecule has 1 heterocycles. The number of hydrogen-bond donors (Lipinski definition) is 0. The van der Waals surface area contributed by atoms with Crippen molar-refractivity contribution in [2.75, 3.05) is 13.6 Å². The zero-order valence-corrected chi connectivity index (χ0v) is 14.7. The zero-order valence-electron chi connectivity index (χ0n) is 13.8. The van der Waals surface area contributed by atoms with E-state index in [1.165, 1.54) is 5.56 Å². The van der Waals surface area contributed by atoms with Gasteiger partial charge in [0.05, 0.1) is 11.8 Å². The molecule has 0 spiro atoms. The highest BCUT2D eigenvalue weighted by Crippen LogP contribution is 2.65. The van der Waals surface area contributed by atoms with Gasteiger partial charge in [-0.05, 0) is 37.9 Å². The van der Waals surface area contributed by atoms with Crippen LogP contribution in [0.3, 0.4) is 0 Å². The van der Waals surface area contributed by atoms with E-state index < -0.39 is 7.52 Å². The van der Waals surface area contributed by atoms with E-state index in [1.54, 1.807) is 0 Å². The van der Waals surface area contributed by atoms with E-state index in [-0.39, 0.29) is 11.8 Å². The molecule has 0 aliphatic carbocycles. The molecular formula is C19H24NO2P. The number of benzene rings is 2. The third-order valence-corrected chi connectivity index (χ3v) is 7.60. The standard InChI is InChI=1S/C19H24NO2P/c1-16-13-14-20(2)23(21,22-16)19(18-11-7-4-8-12-18)15-17-9-5-3-6-10-17/h3-12,16,19H,13-15H2,1-2H3/t16-,19-,23?/m0/s1. The molecule has 3 nitrogen and oxygen atoms in total. The lowest BCUT2D eigenvalue weighted by Gasteiger charge is -2.40. The van der Waals surface area contributed by atoms with Crippen molar-refractivity contribution in [3.8, 4) is 0 Å². The molecule has 2 aromatic rings.